The van der Waals surface area contributed by atoms with E-state index >= 15 is 0 Å². The number of amides is 3. The Bertz CT molecular complexity index is 838. The average molecular weight is 355 g/mol. The summed E-state index contributed by atoms with van der Waals surface area (Å²) in [5, 5.41) is 0. The summed E-state index contributed by atoms with van der Waals surface area (Å²) in [6, 6.07) is 5.29. The third-order valence-corrected chi connectivity index (χ3v) is 5.75. The minimum absolute atomic E-state index is 0.0419. The number of imidazole rings is 1. The zero-order valence-electron chi connectivity index (χ0n) is 15.1. The highest BCUT2D eigenvalue weighted by Crippen LogP contribution is 2.30. The number of H-pyrrole nitrogens is 1. The summed E-state index contributed by atoms with van der Waals surface area (Å²) in [7, 11) is 0. The molecule has 2 aliphatic heterocycles. The normalized spacial score (nSPS) is 21.5. The fourth-order valence-corrected chi connectivity index (χ4v) is 4.26. The number of para-hydroxylation sites is 1. The van der Waals surface area contributed by atoms with E-state index in [0.717, 1.165) is 36.1 Å². The first-order chi connectivity index (χ1) is 12.5. The summed E-state index contributed by atoms with van der Waals surface area (Å²) in [5.41, 5.74) is 8.68. The molecule has 7 heteroatoms. The number of hydrogen-bond acceptors (Lipinski definition) is 3. The van der Waals surface area contributed by atoms with Gasteiger partial charge < -0.3 is 20.5 Å². The van der Waals surface area contributed by atoms with Crippen LogP contribution >= 0.6 is 0 Å². The molecule has 0 aliphatic carbocycles. The first-order valence-electron chi connectivity index (χ1n) is 9.34. The van der Waals surface area contributed by atoms with Gasteiger partial charge in [-0.05, 0) is 44.2 Å². The summed E-state index contributed by atoms with van der Waals surface area (Å²) in [6.45, 7) is 4.05. The van der Waals surface area contributed by atoms with Gasteiger partial charge in [-0.2, -0.15) is 0 Å². The maximum absolute atomic E-state index is 12.8. The number of primary amides is 1. The Morgan fingerprint density at radius 3 is 2.65 bits per heavy atom. The van der Waals surface area contributed by atoms with E-state index in [0.29, 0.717) is 32.0 Å². The molecule has 1 unspecified atom stereocenters. The van der Waals surface area contributed by atoms with Gasteiger partial charge in [0.2, 0.25) is 5.91 Å². The zero-order chi connectivity index (χ0) is 18.3. The summed E-state index contributed by atoms with van der Waals surface area (Å²) in [6.07, 6.45) is 3.32. The Labute approximate surface area is 152 Å². The van der Waals surface area contributed by atoms with Crippen LogP contribution in [0.2, 0.25) is 0 Å². The molecule has 2 saturated heterocycles. The van der Waals surface area contributed by atoms with Gasteiger partial charge in [-0.1, -0.05) is 12.1 Å². The molecule has 0 saturated carbocycles. The van der Waals surface area contributed by atoms with Gasteiger partial charge in [0.15, 0.2) is 0 Å². The number of nitrogens with one attached hydrogen (secondary N) is 1. The second kappa shape index (κ2) is 6.63. The Balaban J connectivity index is 1.42. The zero-order valence-corrected chi connectivity index (χ0v) is 15.1. The number of carbonyl (C=O) groups is 2. The van der Waals surface area contributed by atoms with Crippen molar-refractivity contribution in [3.63, 3.8) is 0 Å². The van der Waals surface area contributed by atoms with Crippen LogP contribution < -0.4 is 5.73 Å². The third-order valence-electron chi connectivity index (χ3n) is 5.75. The van der Waals surface area contributed by atoms with Crippen molar-refractivity contribution in [1.82, 2.24) is 19.8 Å². The lowest BCUT2D eigenvalue weighted by molar-refractivity contribution is -0.136. The molecular formula is C19H25N5O2. The third kappa shape index (κ3) is 2.91. The molecule has 3 amide bonds. The molecule has 2 fully saturated rings. The van der Waals surface area contributed by atoms with Crippen molar-refractivity contribution in [2.24, 2.45) is 5.73 Å². The Kier molecular flexibility index (Phi) is 4.30. The molecule has 2 aromatic rings. The number of piperidine rings is 1. The number of urea groups is 1. The van der Waals surface area contributed by atoms with Gasteiger partial charge in [0, 0.05) is 25.6 Å². The van der Waals surface area contributed by atoms with Crippen LogP contribution in [-0.4, -0.2) is 57.4 Å². The van der Waals surface area contributed by atoms with Gasteiger partial charge in [-0.25, -0.2) is 9.78 Å². The first kappa shape index (κ1) is 16.9. The number of hydrogen-bond donors (Lipinski definition) is 2. The van der Waals surface area contributed by atoms with Crippen LogP contribution in [0.3, 0.4) is 0 Å². The fourth-order valence-electron chi connectivity index (χ4n) is 4.26. The Morgan fingerprint density at radius 1 is 1.19 bits per heavy atom. The highest BCUT2D eigenvalue weighted by atomic mass is 16.2. The van der Waals surface area contributed by atoms with Crippen molar-refractivity contribution in [2.45, 2.75) is 44.6 Å². The number of nitrogens with two attached hydrogens (primary N) is 1. The van der Waals surface area contributed by atoms with Crippen LogP contribution in [0.1, 0.15) is 43.0 Å². The summed E-state index contributed by atoms with van der Waals surface area (Å²) >= 11 is 0. The largest absolute Gasteiger partial charge is 0.351 e. The number of likely N-dealkylation sites (tertiary alicyclic amines) is 2. The molecular weight excluding hydrogens is 330 g/mol. The number of aromatic nitrogens is 2. The van der Waals surface area contributed by atoms with E-state index < -0.39 is 6.03 Å². The van der Waals surface area contributed by atoms with Gasteiger partial charge in [0.05, 0.1) is 11.0 Å². The van der Waals surface area contributed by atoms with Crippen LogP contribution in [0.4, 0.5) is 4.79 Å². The number of rotatable bonds is 2. The van der Waals surface area contributed by atoms with Crippen molar-refractivity contribution in [3.05, 3.63) is 29.6 Å². The van der Waals surface area contributed by atoms with Crippen molar-refractivity contribution in [3.8, 4) is 0 Å². The second-order valence-electron chi connectivity index (χ2n) is 7.38. The van der Waals surface area contributed by atoms with E-state index in [9.17, 15) is 9.59 Å². The lowest BCUT2D eigenvalue weighted by Crippen LogP contribution is -2.51. The van der Waals surface area contributed by atoms with Crippen LogP contribution in [0.5, 0.6) is 0 Å². The van der Waals surface area contributed by atoms with Gasteiger partial charge in [0.1, 0.15) is 11.9 Å². The molecule has 3 N–H and O–H groups in total. The smallest absolute Gasteiger partial charge is 0.315 e. The first-order valence-corrected chi connectivity index (χ1v) is 9.34. The number of aryl methyl sites for hydroxylation is 1. The van der Waals surface area contributed by atoms with Crippen LogP contribution in [0.25, 0.3) is 11.0 Å². The number of nitrogens with zero attached hydrogens (tertiary/aromatic N) is 3. The predicted molar refractivity (Wildman–Crippen MR) is 98.7 cm³/mol. The van der Waals surface area contributed by atoms with E-state index in [2.05, 4.69) is 24.0 Å². The summed E-state index contributed by atoms with van der Waals surface area (Å²) in [5.74, 6) is 1.39. The highest BCUT2D eigenvalue weighted by Gasteiger charge is 2.37. The molecule has 0 spiro atoms. The molecule has 7 nitrogen and oxygen atoms in total. The Morgan fingerprint density at radius 2 is 1.96 bits per heavy atom. The number of carbonyl (C=O) groups excluding carboxylic acids is 2. The van der Waals surface area contributed by atoms with Gasteiger partial charge in [-0.3, -0.25) is 4.79 Å². The lowest BCUT2D eigenvalue weighted by Gasteiger charge is -2.34. The summed E-state index contributed by atoms with van der Waals surface area (Å²) in [4.78, 5) is 35.9. The van der Waals surface area contributed by atoms with Crippen molar-refractivity contribution in [2.75, 3.05) is 19.6 Å². The molecule has 1 atom stereocenters. The maximum Gasteiger partial charge on any atom is 0.315 e. The molecule has 1 aromatic carbocycles. The van der Waals surface area contributed by atoms with Crippen molar-refractivity contribution < 1.29 is 9.59 Å². The molecule has 0 radical (unpaired) electrons. The molecule has 138 valence electrons. The monoisotopic (exact) mass is 355 g/mol. The molecule has 1 aromatic heterocycles. The van der Waals surface area contributed by atoms with Crippen molar-refractivity contribution in [1.29, 1.82) is 0 Å². The minimum Gasteiger partial charge on any atom is -0.351 e. The number of benzene rings is 1. The quantitative estimate of drug-likeness (QED) is 0.864. The SMILES string of the molecule is Cc1cccc2[nH]c(C3CCN(C(=O)C4CCCN4C(N)=O)CC3)nc12. The highest BCUT2D eigenvalue weighted by molar-refractivity contribution is 5.87. The van der Waals surface area contributed by atoms with E-state index in [4.69, 9.17) is 10.7 Å². The van der Waals surface area contributed by atoms with E-state index in [1.165, 1.54) is 10.5 Å². The Hall–Kier alpha value is -2.57. The molecule has 26 heavy (non-hydrogen) atoms. The van der Waals surface area contributed by atoms with E-state index in [1.807, 2.05) is 11.0 Å². The molecule has 4 rings (SSSR count). The molecule has 3 heterocycles. The number of fused-ring (bicyclic) bond motifs is 1. The van der Waals surface area contributed by atoms with Crippen LogP contribution in [0.15, 0.2) is 18.2 Å². The minimum atomic E-state index is -0.492. The molecule has 0 bridgehead atoms. The lowest BCUT2D eigenvalue weighted by atomic mass is 9.95. The van der Waals surface area contributed by atoms with Crippen molar-refractivity contribution >= 4 is 23.0 Å². The standard InChI is InChI=1S/C19H25N5O2/c1-12-4-2-5-14-16(12)22-17(21-14)13-7-10-23(11-8-13)18(25)15-6-3-9-24(15)19(20)26/h2,4-5,13,15H,3,6-11H2,1H3,(H2,20,26)(H,21,22). The van der Waals surface area contributed by atoms with E-state index in [1.54, 1.807) is 0 Å². The van der Waals surface area contributed by atoms with E-state index in [-0.39, 0.29) is 11.9 Å². The topological polar surface area (TPSA) is 95.3 Å². The van der Waals surface area contributed by atoms with Gasteiger partial charge in [0.25, 0.3) is 0 Å². The number of aromatic amines is 1. The molecule has 2 aliphatic rings. The predicted octanol–water partition coefficient (Wildman–Crippen LogP) is 2.12. The second-order valence-corrected chi connectivity index (χ2v) is 7.38. The fraction of sp³-hybridized carbons (Fsp3) is 0.526. The maximum atomic E-state index is 12.8. The average Bonchev–Trinajstić information content (AvgIpc) is 3.29. The van der Waals surface area contributed by atoms with Gasteiger partial charge in [-0.15, -0.1) is 0 Å². The summed E-state index contributed by atoms with van der Waals surface area (Å²) < 4.78 is 0. The van der Waals surface area contributed by atoms with Crippen LogP contribution in [0, 0.1) is 6.92 Å². The van der Waals surface area contributed by atoms with Crippen LogP contribution in [-0.2, 0) is 4.79 Å². The van der Waals surface area contributed by atoms with Gasteiger partial charge >= 0.3 is 6.03 Å².